The van der Waals surface area contributed by atoms with Crippen LogP contribution in [0.15, 0.2) is 47.2 Å². The molecule has 2 aromatic heterocycles. The van der Waals surface area contributed by atoms with E-state index in [1.54, 1.807) is 18.4 Å². The van der Waals surface area contributed by atoms with Gasteiger partial charge in [0.1, 0.15) is 5.82 Å². The monoisotopic (exact) mass is 382 g/mol. The van der Waals surface area contributed by atoms with Crippen LogP contribution in [-0.4, -0.2) is 54.6 Å². The molecule has 2 aromatic rings. The fraction of sp³-hybridized carbons (Fsp3) is 0.545. The first-order valence-corrected chi connectivity index (χ1v) is 10.5. The number of piperazine rings is 1. The standard InChI is InChI=1S/C22H30N4O2/c27-22(20-4-3-17-28-20)24-19-8-6-18(7-9-19)10-12-25-13-15-26(16-14-25)21-5-1-2-11-23-21/h1-5,11,17-19H,6-10,12-16H2,(H,24,27). The molecule has 1 aliphatic heterocycles. The molecule has 2 fully saturated rings. The van der Waals surface area contributed by atoms with Gasteiger partial charge in [0, 0.05) is 38.4 Å². The van der Waals surface area contributed by atoms with Crippen LogP contribution < -0.4 is 10.2 Å². The summed E-state index contributed by atoms with van der Waals surface area (Å²) in [6, 6.07) is 9.88. The highest BCUT2D eigenvalue weighted by molar-refractivity contribution is 5.91. The van der Waals surface area contributed by atoms with E-state index in [2.05, 4.69) is 32.2 Å². The van der Waals surface area contributed by atoms with E-state index >= 15 is 0 Å². The summed E-state index contributed by atoms with van der Waals surface area (Å²) in [5.74, 6) is 2.20. The molecule has 3 heterocycles. The van der Waals surface area contributed by atoms with Gasteiger partial charge in [0.15, 0.2) is 5.76 Å². The lowest BCUT2D eigenvalue weighted by Gasteiger charge is -2.36. The van der Waals surface area contributed by atoms with Gasteiger partial charge in [-0.25, -0.2) is 4.98 Å². The van der Waals surface area contributed by atoms with E-state index in [4.69, 9.17) is 4.42 Å². The third-order valence-corrected chi connectivity index (χ3v) is 6.13. The maximum absolute atomic E-state index is 12.1. The number of carbonyl (C=O) groups excluding carboxylic acids is 1. The van der Waals surface area contributed by atoms with Crippen LogP contribution in [0.4, 0.5) is 5.82 Å². The van der Waals surface area contributed by atoms with Gasteiger partial charge in [-0.3, -0.25) is 9.69 Å². The Labute approximate surface area is 166 Å². The van der Waals surface area contributed by atoms with E-state index in [-0.39, 0.29) is 11.9 Å². The Hall–Kier alpha value is -2.34. The minimum atomic E-state index is -0.0840. The van der Waals surface area contributed by atoms with Crippen molar-refractivity contribution in [3.05, 3.63) is 48.6 Å². The molecule has 1 N–H and O–H groups in total. The van der Waals surface area contributed by atoms with Crippen molar-refractivity contribution in [2.75, 3.05) is 37.6 Å². The van der Waals surface area contributed by atoms with Gasteiger partial charge < -0.3 is 14.6 Å². The minimum absolute atomic E-state index is 0.0840. The summed E-state index contributed by atoms with van der Waals surface area (Å²) in [6.45, 7) is 5.53. The summed E-state index contributed by atoms with van der Waals surface area (Å²) >= 11 is 0. The minimum Gasteiger partial charge on any atom is -0.459 e. The zero-order valence-electron chi connectivity index (χ0n) is 16.4. The number of amides is 1. The van der Waals surface area contributed by atoms with Crippen LogP contribution in [0.2, 0.25) is 0 Å². The Morgan fingerprint density at radius 2 is 1.89 bits per heavy atom. The molecule has 28 heavy (non-hydrogen) atoms. The van der Waals surface area contributed by atoms with Crippen molar-refractivity contribution in [2.45, 2.75) is 38.1 Å². The lowest BCUT2D eigenvalue weighted by Crippen LogP contribution is -2.47. The zero-order valence-corrected chi connectivity index (χ0v) is 16.4. The second-order valence-electron chi connectivity index (χ2n) is 7.97. The second-order valence-corrected chi connectivity index (χ2v) is 7.97. The van der Waals surface area contributed by atoms with Crippen LogP contribution >= 0.6 is 0 Å². The maximum atomic E-state index is 12.1. The van der Waals surface area contributed by atoms with Crippen LogP contribution in [0.1, 0.15) is 42.7 Å². The second kappa shape index (κ2) is 9.24. The van der Waals surface area contributed by atoms with Crippen LogP contribution in [0.5, 0.6) is 0 Å². The number of aromatic nitrogens is 1. The van der Waals surface area contributed by atoms with Gasteiger partial charge in [0.2, 0.25) is 0 Å². The van der Waals surface area contributed by atoms with Gasteiger partial charge >= 0.3 is 0 Å². The molecular formula is C22H30N4O2. The summed E-state index contributed by atoms with van der Waals surface area (Å²) in [7, 11) is 0. The highest BCUT2D eigenvalue weighted by Gasteiger charge is 2.24. The van der Waals surface area contributed by atoms with Crippen molar-refractivity contribution in [3.63, 3.8) is 0 Å². The third-order valence-electron chi connectivity index (χ3n) is 6.13. The summed E-state index contributed by atoms with van der Waals surface area (Å²) in [5, 5.41) is 3.11. The van der Waals surface area contributed by atoms with Gasteiger partial charge in [-0.15, -0.1) is 0 Å². The smallest absolute Gasteiger partial charge is 0.287 e. The van der Waals surface area contributed by atoms with Crippen molar-refractivity contribution in [1.82, 2.24) is 15.2 Å². The van der Waals surface area contributed by atoms with E-state index in [9.17, 15) is 4.79 Å². The number of carbonyl (C=O) groups is 1. The topological polar surface area (TPSA) is 61.6 Å². The normalized spacial score (nSPS) is 23.5. The Morgan fingerprint density at radius 1 is 1.07 bits per heavy atom. The van der Waals surface area contributed by atoms with E-state index in [0.717, 1.165) is 50.8 Å². The van der Waals surface area contributed by atoms with Crippen LogP contribution in [0.3, 0.4) is 0 Å². The number of nitrogens with zero attached hydrogens (tertiary/aromatic N) is 3. The van der Waals surface area contributed by atoms with Gasteiger partial charge in [-0.1, -0.05) is 6.07 Å². The first-order valence-electron chi connectivity index (χ1n) is 10.5. The largest absolute Gasteiger partial charge is 0.459 e. The number of anilines is 1. The highest BCUT2D eigenvalue weighted by atomic mass is 16.3. The summed E-state index contributed by atoms with van der Waals surface area (Å²) in [4.78, 5) is 21.5. The Balaban J connectivity index is 1.13. The molecule has 4 rings (SSSR count). The fourth-order valence-corrected chi connectivity index (χ4v) is 4.37. The van der Waals surface area contributed by atoms with Crippen molar-refractivity contribution in [1.29, 1.82) is 0 Å². The fourth-order valence-electron chi connectivity index (χ4n) is 4.37. The number of hydrogen-bond donors (Lipinski definition) is 1. The molecule has 150 valence electrons. The van der Waals surface area contributed by atoms with Crippen molar-refractivity contribution in [2.24, 2.45) is 5.92 Å². The van der Waals surface area contributed by atoms with E-state index in [0.29, 0.717) is 5.76 Å². The Bertz CT molecular complexity index is 718. The summed E-state index contributed by atoms with van der Waals surface area (Å²) < 4.78 is 5.17. The highest BCUT2D eigenvalue weighted by Crippen LogP contribution is 2.27. The molecule has 0 spiro atoms. The number of furan rings is 1. The lowest BCUT2D eigenvalue weighted by molar-refractivity contribution is 0.0891. The van der Waals surface area contributed by atoms with Gasteiger partial charge in [-0.05, 0) is 68.8 Å². The van der Waals surface area contributed by atoms with Crippen LogP contribution in [0.25, 0.3) is 0 Å². The first kappa shape index (κ1) is 19.0. The summed E-state index contributed by atoms with van der Waals surface area (Å²) in [5.41, 5.74) is 0. The molecular weight excluding hydrogens is 352 g/mol. The first-order chi connectivity index (χ1) is 13.8. The van der Waals surface area contributed by atoms with Crippen molar-refractivity contribution >= 4 is 11.7 Å². The number of hydrogen-bond acceptors (Lipinski definition) is 5. The van der Waals surface area contributed by atoms with E-state index < -0.39 is 0 Å². The Kier molecular flexibility index (Phi) is 6.27. The number of rotatable bonds is 6. The SMILES string of the molecule is O=C(NC1CCC(CCN2CCN(c3ccccn3)CC2)CC1)c1ccco1. The molecule has 0 radical (unpaired) electrons. The van der Waals surface area contributed by atoms with Gasteiger partial charge in [0.05, 0.1) is 6.26 Å². The Morgan fingerprint density at radius 3 is 2.57 bits per heavy atom. The third kappa shape index (κ3) is 4.93. The van der Waals surface area contributed by atoms with Crippen molar-refractivity contribution < 1.29 is 9.21 Å². The molecule has 1 aliphatic carbocycles. The van der Waals surface area contributed by atoms with Crippen LogP contribution in [0, 0.1) is 5.92 Å². The molecule has 1 amide bonds. The predicted octanol–water partition coefficient (Wildman–Crippen LogP) is 3.18. The van der Waals surface area contributed by atoms with Crippen LogP contribution in [-0.2, 0) is 0 Å². The molecule has 0 bridgehead atoms. The molecule has 0 aromatic carbocycles. The molecule has 0 atom stereocenters. The van der Waals surface area contributed by atoms with Gasteiger partial charge in [0.25, 0.3) is 5.91 Å². The van der Waals surface area contributed by atoms with E-state index in [1.807, 2.05) is 12.3 Å². The quantitative estimate of drug-likeness (QED) is 0.831. The lowest BCUT2D eigenvalue weighted by atomic mass is 9.84. The average molecular weight is 383 g/mol. The number of pyridine rings is 1. The molecule has 6 nitrogen and oxygen atoms in total. The predicted molar refractivity (Wildman–Crippen MR) is 109 cm³/mol. The van der Waals surface area contributed by atoms with Gasteiger partial charge in [-0.2, -0.15) is 0 Å². The summed E-state index contributed by atoms with van der Waals surface area (Å²) in [6.07, 6.45) is 9.24. The zero-order chi connectivity index (χ0) is 19.2. The number of nitrogens with one attached hydrogen (secondary N) is 1. The molecule has 1 saturated heterocycles. The molecule has 0 unspecified atom stereocenters. The molecule has 1 saturated carbocycles. The van der Waals surface area contributed by atoms with Crippen molar-refractivity contribution in [3.8, 4) is 0 Å². The molecule has 2 aliphatic rings. The molecule has 6 heteroatoms. The van der Waals surface area contributed by atoms with E-state index in [1.165, 1.54) is 25.8 Å². The average Bonchev–Trinajstić information content (AvgIpc) is 3.29. The maximum Gasteiger partial charge on any atom is 0.287 e.